The molecule has 1 fully saturated rings. The molecule has 0 N–H and O–H groups in total. The lowest BCUT2D eigenvalue weighted by molar-refractivity contribution is 0.265. The van der Waals surface area contributed by atoms with Gasteiger partial charge in [0.1, 0.15) is 0 Å². The van der Waals surface area contributed by atoms with Crippen LogP contribution in [0.25, 0.3) is 42.4 Å². The summed E-state index contributed by atoms with van der Waals surface area (Å²) in [6.45, 7) is 0. The maximum Gasteiger partial charge on any atom is 0.0554 e. The van der Waals surface area contributed by atoms with Gasteiger partial charge in [0.25, 0.3) is 0 Å². The van der Waals surface area contributed by atoms with Gasteiger partial charge in [0.2, 0.25) is 0 Å². The molecule has 50 heavy (non-hydrogen) atoms. The summed E-state index contributed by atoms with van der Waals surface area (Å²) < 4.78 is 2.65. The van der Waals surface area contributed by atoms with Crippen LogP contribution in [-0.2, 0) is 10.8 Å². The molecule has 3 aliphatic rings. The van der Waals surface area contributed by atoms with E-state index in [2.05, 4.69) is 169 Å². The molecule has 0 bridgehead atoms. The number of rotatable bonds is 3. The number of nitrogens with zero attached hydrogens (tertiary/aromatic N) is 1. The van der Waals surface area contributed by atoms with Crippen LogP contribution in [0.4, 0.5) is 17.1 Å². The van der Waals surface area contributed by atoms with E-state index in [-0.39, 0.29) is 10.8 Å². The molecule has 3 aliphatic carbocycles. The minimum atomic E-state index is -0.0247. The summed E-state index contributed by atoms with van der Waals surface area (Å²) in [4.78, 5) is 2.51. The second kappa shape index (κ2) is 10.5. The second-order valence-corrected chi connectivity index (χ2v) is 15.5. The molecule has 1 aromatic heterocycles. The largest absolute Gasteiger partial charge is 0.310 e. The summed E-state index contributed by atoms with van der Waals surface area (Å²) in [5.74, 6) is 0. The third-order valence-corrected chi connectivity index (χ3v) is 13.4. The highest BCUT2D eigenvalue weighted by Crippen LogP contribution is 2.64. The van der Waals surface area contributed by atoms with Crippen LogP contribution in [0.3, 0.4) is 0 Å². The van der Waals surface area contributed by atoms with E-state index in [0.29, 0.717) is 0 Å². The summed E-state index contributed by atoms with van der Waals surface area (Å²) in [7, 11) is 0. The molecule has 1 heterocycles. The first-order valence-electron chi connectivity index (χ1n) is 17.9. The number of para-hydroxylation sites is 1. The fourth-order valence-corrected chi connectivity index (χ4v) is 11.3. The van der Waals surface area contributed by atoms with E-state index in [0.717, 1.165) is 25.7 Å². The van der Waals surface area contributed by atoms with Gasteiger partial charge >= 0.3 is 0 Å². The van der Waals surface area contributed by atoms with E-state index >= 15 is 0 Å². The molecule has 1 saturated carbocycles. The Balaban J connectivity index is 1.09. The number of fused-ring (bicyclic) bond motifs is 13. The van der Waals surface area contributed by atoms with Crippen molar-refractivity contribution >= 4 is 48.6 Å². The molecule has 0 radical (unpaired) electrons. The Morgan fingerprint density at radius 3 is 1.58 bits per heavy atom. The lowest BCUT2D eigenvalue weighted by atomic mass is 9.57. The fraction of sp³-hybridized carbons (Fsp3) is 0.125. The SMILES string of the molecule is c1ccc(N(c2ccc3c(c2)C2(CCC4(CC2)c2ccccc2-c2ccccc24)c2ccccc2-3)c2cccc3sc4ccccc4c23)cc1. The van der Waals surface area contributed by atoms with Gasteiger partial charge in [-0.1, -0.05) is 121 Å². The van der Waals surface area contributed by atoms with Gasteiger partial charge in [-0.05, 0) is 113 Å². The first kappa shape index (κ1) is 28.4. The van der Waals surface area contributed by atoms with Crippen molar-refractivity contribution in [1.82, 2.24) is 0 Å². The van der Waals surface area contributed by atoms with Crippen LogP contribution in [0.15, 0.2) is 164 Å². The van der Waals surface area contributed by atoms with Crippen molar-refractivity contribution in [3.8, 4) is 22.3 Å². The molecule has 1 nitrogen and oxygen atoms in total. The molecule has 7 aromatic carbocycles. The monoisotopic (exact) mass is 657 g/mol. The number of hydrogen-bond acceptors (Lipinski definition) is 2. The molecule has 0 amide bonds. The van der Waals surface area contributed by atoms with Gasteiger partial charge in [-0.2, -0.15) is 0 Å². The fourth-order valence-electron chi connectivity index (χ4n) is 10.1. The first-order chi connectivity index (χ1) is 24.8. The normalized spacial score (nSPS) is 16.0. The third kappa shape index (κ3) is 3.77. The van der Waals surface area contributed by atoms with Crippen molar-refractivity contribution in [3.05, 3.63) is 186 Å². The number of thiophene rings is 1. The summed E-state index contributed by atoms with van der Waals surface area (Å²) in [5.41, 5.74) is 15.4. The number of hydrogen-bond donors (Lipinski definition) is 0. The van der Waals surface area contributed by atoms with Gasteiger partial charge < -0.3 is 4.90 Å². The van der Waals surface area contributed by atoms with Crippen LogP contribution < -0.4 is 4.90 Å². The molecule has 0 saturated heterocycles. The quantitative estimate of drug-likeness (QED) is 0.183. The van der Waals surface area contributed by atoms with E-state index in [1.807, 2.05) is 11.3 Å². The first-order valence-corrected chi connectivity index (χ1v) is 18.8. The van der Waals surface area contributed by atoms with Crippen LogP contribution in [0, 0.1) is 0 Å². The van der Waals surface area contributed by atoms with E-state index in [4.69, 9.17) is 0 Å². The predicted molar refractivity (Wildman–Crippen MR) is 211 cm³/mol. The minimum absolute atomic E-state index is 0.0247. The summed E-state index contributed by atoms with van der Waals surface area (Å²) >= 11 is 1.89. The minimum Gasteiger partial charge on any atom is -0.310 e. The van der Waals surface area contributed by atoms with E-state index < -0.39 is 0 Å². The average molecular weight is 658 g/mol. The molecule has 0 atom stereocenters. The second-order valence-electron chi connectivity index (χ2n) is 14.5. The number of benzene rings is 7. The summed E-state index contributed by atoms with van der Waals surface area (Å²) in [5, 5.41) is 2.65. The van der Waals surface area contributed by atoms with Gasteiger partial charge in [0.15, 0.2) is 0 Å². The lowest BCUT2D eigenvalue weighted by Crippen LogP contribution is -2.39. The van der Waals surface area contributed by atoms with Crippen LogP contribution in [0.5, 0.6) is 0 Å². The Labute approximate surface area is 297 Å². The molecular weight excluding hydrogens is 623 g/mol. The maximum absolute atomic E-state index is 2.56. The van der Waals surface area contributed by atoms with Crippen LogP contribution in [-0.4, -0.2) is 0 Å². The highest BCUT2D eigenvalue weighted by Gasteiger charge is 2.53. The zero-order valence-electron chi connectivity index (χ0n) is 27.8. The van der Waals surface area contributed by atoms with Gasteiger partial charge in [-0.25, -0.2) is 0 Å². The van der Waals surface area contributed by atoms with E-state index in [9.17, 15) is 0 Å². The van der Waals surface area contributed by atoms with Crippen molar-refractivity contribution in [2.24, 2.45) is 0 Å². The summed E-state index contributed by atoms with van der Waals surface area (Å²) in [6.07, 6.45) is 4.53. The molecule has 2 heteroatoms. The van der Waals surface area contributed by atoms with Gasteiger partial charge in [-0.3, -0.25) is 0 Å². The zero-order valence-corrected chi connectivity index (χ0v) is 28.6. The third-order valence-electron chi connectivity index (χ3n) is 12.3. The molecule has 0 aliphatic heterocycles. The predicted octanol–water partition coefficient (Wildman–Crippen LogP) is 13.3. The highest BCUT2D eigenvalue weighted by atomic mass is 32.1. The molecule has 238 valence electrons. The Morgan fingerprint density at radius 1 is 0.400 bits per heavy atom. The molecule has 11 rings (SSSR count). The zero-order chi connectivity index (χ0) is 32.9. The van der Waals surface area contributed by atoms with Crippen LogP contribution in [0.2, 0.25) is 0 Å². The Hall–Kier alpha value is -5.44. The Kier molecular flexibility index (Phi) is 5.98. The van der Waals surface area contributed by atoms with Crippen molar-refractivity contribution in [2.45, 2.75) is 36.5 Å². The van der Waals surface area contributed by atoms with Crippen molar-refractivity contribution in [1.29, 1.82) is 0 Å². The van der Waals surface area contributed by atoms with Crippen molar-refractivity contribution in [2.75, 3.05) is 4.90 Å². The van der Waals surface area contributed by atoms with Crippen molar-refractivity contribution in [3.63, 3.8) is 0 Å². The summed E-state index contributed by atoms with van der Waals surface area (Å²) in [6, 6.07) is 61.7. The lowest BCUT2D eigenvalue weighted by Gasteiger charge is -2.45. The number of anilines is 3. The smallest absolute Gasteiger partial charge is 0.0554 e. The highest BCUT2D eigenvalue weighted by molar-refractivity contribution is 7.26. The molecule has 0 unspecified atom stereocenters. The maximum atomic E-state index is 2.56. The molecule has 8 aromatic rings. The van der Waals surface area contributed by atoms with Gasteiger partial charge in [0.05, 0.1) is 5.69 Å². The average Bonchev–Trinajstić information content (AvgIpc) is 3.79. The Bertz CT molecular complexity index is 2570. The van der Waals surface area contributed by atoms with Gasteiger partial charge in [-0.15, -0.1) is 11.3 Å². The van der Waals surface area contributed by atoms with Crippen LogP contribution >= 0.6 is 11.3 Å². The van der Waals surface area contributed by atoms with E-state index in [1.54, 1.807) is 0 Å². The standard InChI is InChI=1S/C48H35NS/c1-2-13-32(14-3-1)49(43-22-12-24-45-46(43)38-18-7-11-23-44(38)50-45)33-25-26-37-36-17-6-10-21-41(36)48(42(37)31-33)29-27-47(28-30-48)39-19-8-4-15-34(39)35-16-5-9-20-40(35)47/h1-26,31H,27-30H2. The molecular formula is C48H35NS. The van der Waals surface area contributed by atoms with Crippen LogP contribution in [0.1, 0.15) is 47.9 Å². The van der Waals surface area contributed by atoms with Crippen molar-refractivity contribution < 1.29 is 0 Å². The molecule has 2 spiro atoms. The topological polar surface area (TPSA) is 3.24 Å². The van der Waals surface area contributed by atoms with Gasteiger partial charge in [0, 0.05) is 42.4 Å². The van der Waals surface area contributed by atoms with E-state index in [1.165, 1.54) is 81.7 Å². The Morgan fingerprint density at radius 2 is 0.920 bits per heavy atom.